The Bertz CT molecular complexity index is 1490. The molecule has 2 aliphatic heterocycles. The maximum atomic E-state index is 13.4. The van der Waals surface area contributed by atoms with E-state index >= 15 is 0 Å². The van der Waals surface area contributed by atoms with Gasteiger partial charge in [-0.2, -0.15) is 19.0 Å². The van der Waals surface area contributed by atoms with Gasteiger partial charge in [-0.15, -0.1) is 11.8 Å². The van der Waals surface area contributed by atoms with Crippen LogP contribution >= 0.6 is 11.8 Å². The molecule has 1 saturated heterocycles. The van der Waals surface area contributed by atoms with Crippen molar-refractivity contribution in [3.63, 3.8) is 0 Å². The number of rotatable bonds is 7. The predicted molar refractivity (Wildman–Crippen MR) is 140 cm³/mol. The molecule has 1 fully saturated rings. The number of alkyl halides is 2. The highest BCUT2D eigenvalue weighted by molar-refractivity contribution is 7.99. The summed E-state index contributed by atoms with van der Waals surface area (Å²) in [5.74, 6) is 0.405. The number of anilines is 2. The van der Waals surface area contributed by atoms with Crippen molar-refractivity contribution in [1.29, 1.82) is 0 Å². The van der Waals surface area contributed by atoms with Gasteiger partial charge in [-0.3, -0.25) is 9.48 Å². The number of carbonyl (C=O) groups excluding carboxylic acids is 1. The minimum Gasteiger partial charge on any atom is -0.434 e. The lowest BCUT2D eigenvalue weighted by molar-refractivity contribution is -0.0494. The number of nitrogens with zero attached hydrogens (tertiary/aromatic N) is 6. The van der Waals surface area contributed by atoms with Crippen molar-refractivity contribution in [2.45, 2.75) is 36.9 Å². The normalized spacial score (nSPS) is 17.5. The fourth-order valence-corrected chi connectivity index (χ4v) is 5.86. The lowest BCUT2D eigenvalue weighted by Gasteiger charge is -2.21. The summed E-state index contributed by atoms with van der Waals surface area (Å²) in [7, 11) is 2.07. The van der Waals surface area contributed by atoms with Crippen LogP contribution in [0.4, 0.5) is 20.2 Å². The van der Waals surface area contributed by atoms with Crippen LogP contribution in [0, 0.1) is 0 Å². The van der Waals surface area contributed by atoms with Gasteiger partial charge in [0.2, 0.25) is 0 Å². The standard InChI is InChI=1S/C25H26F2N8O2S/c1-33-7-2-4-15(33)13-34-14-19(31-24(36)17-12-30-35-8-3-5-29-23(17)35)22(32-34)16-10-21-18(28-6-9-38-21)11-20(16)37-25(26)27/h3,5,8,10-12,14-15,25,28H,2,4,6-7,9,13H2,1H3,(H,31,36)/t15-/m1/s1. The molecule has 0 saturated carbocycles. The van der Waals surface area contributed by atoms with Crippen molar-refractivity contribution in [3.05, 3.63) is 48.5 Å². The zero-order chi connectivity index (χ0) is 26.2. The minimum absolute atomic E-state index is 0.00914. The van der Waals surface area contributed by atoms with Crippen molar-refractivity contribution < 1.29 is 18.3 Å². The van der Waals surface area contributed by atoms with E-state index in [1.165, 1.54) is 10.7 Å². The first kappa shape index (κ1) is 24.6. The molecule has 198 valence electrons. The van der Waals surface area contributed by atoms with Crippen LogP contribution in [0.3, 0.4) is 0 Å². The molecule has 13 heteroatoms. The van der Waals surface area contributed by atoms with Gasteiger partial charge in [-0.25, -0.2) is 9.50 Å². The Balaban J connectivity index is 1.42. The van der Waals surface area contributed by atoms with Gasteiger partial charge >= 0.3 is 6.61 Å². The SMILES string of the molecule is CN1CCC[C@@H]1Cn1cc(NC(=O)c2cnn3cccnc23)c(-c2cc3c(cc2OC(F)F)NCCS3)n1. The van der Waals surface area contributed by atoms with E-state index in [1.807, 2.05) is 0 Å². The number of hydrogen-bond acceptors (Lipinski definition) is 8. The number of halogens is 2. The number of likely N-dealkylation sites (N-methyl/N-ethyl adjacent to an activating group) is 1. The Kier molecular flexibility index (Phi) is 6.62. The molecule has 0 aliphatic carbocycles. The summed E-state index contributed by atoms with van der Waals surface area (Å²) in [6, 6.07) is 5.38. The highest BCUT2D eigenvalue weighted by Gasteiger charge is 2.26. The van der Waals surface area contributed by atoms with Gasteiger partial charge in [-0.1, -0.05) is 0 Å². The average Bonchev–Trinajstić information content (AvgIpc) is 3.62. The van der Waals surface area contributed by atoms with Gasteiger partial charge in [-0.05, 0) is 38.6 Å². The van der Waals surface area contributed by atoms with Crippen LogP contribution in [0.5, 0.6) is 5.75 Å². The number of hydrogen-bond donors (Lipinski definition) is 2. The van der Waals surface area contributed by atoms with E-state index in [0.29, 0.717) is 29.1 Å². The molecule has 5 heterocycles. The number of benzene rings is 1. The van der Waals surface area contributed by atoms with Crippen LogP contribution in [0.25, 0.3) is 16.9 Å². The van der Waals surface area contributed by atoms with Crippen molar-refractivity contribution in [3.8, 4) is 17.0 Å². The monoisotopic (exact) mass is 540 g/mol. The van der Waals surface area contributed by atoms with Crippen molar-refractivity contribution in [2.24, 2.45) is 0 Å². The summed E-state index contributed by atoms with van der Waals surface area (Å²) in [6.07, 6.45) is 8.61. The Morgan fingerprint density at radius 1 is 1.37 bits per heavy atom. The van der Waals surface area contributed by atoms with Crippen LogP contribution < -0.4 is 15.4 Å². The molecule has 0 bridgehead atoms. The van der Waals surface area contributed by atoms with E-state index in [9.17, 15) is 13.6 Å². The van der Waals surface area contributed by atoms with Gasteiger partial charge in [0.15, 0.2) is 5.65 Å². The second kappa shape index (κ2) is 10.2. The number of carbonyl (C=O) groups is 1. The third-order valence-electron chi connectivity index (χ3n) is 6.83. The number of likely N-dealkylation sites (tertiary alicyclic amines) is 1. The highest BCUT2D eigenvalue weighted by atomic mass is 32.2. The molecule has 3 aromatic heterocycles. The summed E-state index contributed by atoms with van der Waals surface area (Å²) in [5, 5.41) is 15.1. The van der Waals surface area contributed by atoms with Crippen molar-refractivity contribution >= 4 is 34.7 Å². The Labute approximate surface area is 221 Å². The Morgan fingerprint density at radius 2 is 2.26 bits per heavy atom. The first-order valence-electron chi connectivity index (χ1n) is 12.3. The third kappa shape index (κ3) is 4.78. The fourth-order valence-electron chi connectivity index (χ4n) is 4.95. The summed E-state index contributed by atoms with van der Waals surface area (Å²) in [4.78, 5) is 20.8. The fraction of sp³-hybridized carbons (Fsp3) is 0.360. The highest BCUT2D eigenvalue weighted by Crippen LogP contribution is 2.43. The second-order valence-electron chi connectivity index (χ2n) is 9.29. The van der Waals surface area contributed by atoms with Gasteiger partial charge < -0.3 is 20.3 Å². The third-order valence-corrected chi connectivity index (χ3v) is 7.89. The van der Waals surface area contributed by atoms with E-state index in [-0.39, 0.29) is 17.4 Å². The van der Waals surface area contributed by atoms with Gasteiger partial charge in [0.25, 0.3) is 5.91 Å². The zero-order valence-corrected chi connectivity index (χ0v) is 21.4. The smallest absolute Gasteiger partial charge is 0.387 e. The molecule has 38 heavy (non-hydrogen) atoms. The summed E-state index contributed by atoms with van der Waals surface area (Å²) in [5.41, 5.74) is 2.55. The molecular formula is C25H26F2N8O2S. The number of thioether (sulfide) groups is 1. The van der Waals surface area contributed by atoms with E-state index in [2.05, 4.69) is 32.7 Å². The number of nitrogens with one attached hydrogen (secondary N) is 2. The van der Waals surface area contributed by atoms with Crippen LogP contribution in [0.2, 0.25) is 0 Å². The lowest BCUT2D eigenvalue weighted by Crippen LogP contribution is -2.29. The van der Waals surface area contributed by atoms with Crippen LogP contribution in [0.1, 0.15) is 23.2 Å². The lowest BCUT2D eigenvalue weighted by atomic mass is 10.1. The summed E-state index contributed by atoms with van der Waals surface area (Å²) >= 11 is 1.62. The molecule has 0 radical (unpaired) electrons. The first-order chi connectivity index (χ1) is 18.5. The van der Waals surface area contributed by atoms with Gasteiger partial charge in [0.05, 0.1) is 24.1 Å². The Morgan fingerprint density at radius 3 is 3.08 bits per heavy atom. The minimum atomic E-state index is -3.01. The molecule has 1 amide bonds. The maximum absolute atomic E-state index is 13.4. The van der Waals surface area contributed by atoms with Crippen molar-refractivity contribution in [1.82, 2.24) is 29.3 Å². The van der Waals surface area contributed by atoms with E-state index < -0.39 is 12.5 Å². The van der Waals surface area contributed by atoms with E-state index in [1.54, 1.807) is 53.2 Å². The molecule has 0 spiro atoms. The molecule has 1 aromatic carbocycles. The molecule has 4 aromatic rings. The second-order valence-corrected chi connectivity index (χ2v) is 10.4. The molecular weight excluding hydrogens is 514 g/mol. The molecule has 1 atom stereocenters. The van der Waals surface area contributed by atoms with Gasteiger partial charge in [0, 0.05) is 53.5 Å². The molecule has 6 rings (SSSR count). The largest absolute Gasteiger partial charge is 0.434 e. The maximum Gasteiger partial charge on any atom is 0.387 e. The van der Waals surface area contributed by atoms with Crippen LogP contribution in [-0.4, -0.2) is 73.7 Å². The van der Waals surface area contributed by atoms with Gasteiger partial charge in [0.1, 0.15) is 17.0 Å². The average molecular weight is 541 g/mol. The molecule has 10 nitrogen and oxygen atoms in total. The number of amides is 1. The molecule has 0 unspecified atom stereocenters. The van der Waals surface area contributed by atoms with Crippen LogP contribution in [-0.2, 0) is 6.54 Å². The predicted octanol–water partition coefficient (Wildman–Crippen LogP) is 4.06. The van der Waals surface area contributed by atoms with Crippen molar-refractivity contribution in [2.75, 3.05) is 36.5 Å². The van der Waals surface area contributed by atoms with E-state index in [0.717, 1.165) is 42.3 Å². The quantitative estimate of drug-likeness (QED) is 0.362. The van der Waals surface area contributed by atoms with Crippen LogP contribution in [0.15, 0.2) is 47.9 Å². The summed E-state index contributed by atoms with van der Waals surface area (Å²) < 4.78 is 35.1. The summed E-state index contributed by atoms with van der Waals surface area (Å²) in [6.45, 7) is -0.681. The topological polar surface area (TPSA) is 102 Å². The Hall–Kier alpha value is -3.71. The van der Waals surface area contributed by atoms with E-state index in [4.69, 9.17) is 9.84 Å². The number of ether oxygens (including phenoxy) is 1. The zero-order valence-electron chi connectivity index (χ0n) is 20.6. The molecule has 2 N–H and O–H groups in total. The number of fused-ring (bicyclic) bond motifs is 2. The number of aromatic nitrogens is 5. The first-order valence-corrected chi connectivity index (χ1v) is 13.3. The molecule has 2 aliphatic rings.